The zero-order valence-corrected chi connectivity index (χ0v) is 27.1. The van der Waals surface area contributed by atoms with Crippen LogP contribution in [0, 0.1) is 0 Å². The molecule has 0 amide bonds. The Kier molecular flexibility index (Phi) is 11.3. The molecule has 1 atom stereocenters. The van der Waals surface area contributed by atoms with Crippen molar-refractivity contribution in [2.75, 3.05) is 6.61 Å². The molecule has 0 spiro atoms. The first-order valence-electron chi connectivity index (χ1n) is 11.8. The van der Waals surface area contributed by atoms with Crippen molar-refractivity contribution in [3.63, 3.8) is 0 Å². The SMILES string of the molecule is C[Si](C)(C)OCCC1=Cc2ccccc2C1c1cccc2c1[cH-]c1ccccc12.C[Si](C)=[Zr+2].[Cl-].[Cl-]. The van der Waals surface area contributed by atoms with Crippen molar-refractivity contribution in [2.45, 2.75) is 45.1 Å². The van der Waals surface area contributed by atoms with E-state index in [0.29, 0.717) is 5.92 Å². The second kappa shape index (κ2) is 13.1. The van der Waals surface area contributed by atoms with Crippen LogP contribution in [-0.4, -0.2) is 20.4 Å². The minimum absolute atomic E-state index is 0. The van der Waals surface area contributed by atoms with Gasteiger partial charge in [0.25, 0.3) is 0 Å². The Bertz CT molecular complexity index is 1330. The summed E-state index contributed by atoms with van der Waals surface area (Å²) in [6, 6.07) is 26.8. The average Bonchev–Trinajstić information content (AvgIpc) is 3.30. The molecule has 182 valence electrons. The van der Waals surface area contributed by atoms with Gasteiger partial charge in [-0.1, -0.05) is 77.9 Å². The van der Waals surface area contributed by atoms with Gasteiger partial charge in [0.1, 0.15) is 0 Å². The molecule has 35 heavy (non-hydrogen) atoms. The maximum atomic E-state index is 6.21. The Balaban J connectivity index is 0.000000672. The van der Waals surface area contributed by atoms with Crippen molar-refractivity contribution in [3.05, 3.63) is 95.1 Å². The smallest absolute Gasteiger partial charge is 1.00 e. The van der Waals surface area contributed by atoms with E-state index in [1.54, 1.807) is 23.3 Å². The van der Waals surface area contributed by atoms with Crippen LogP contribution in [0.1, 0.15) is 29.0 Å². The molecule has 1 aliphatic carbocycles. The van der Waals surface area contributed by atoms with Gasteiger partial charge in [-0.25, -0.2) is 0 Å². The number of benzene rings is 3. The van der Waals surface area contributed by atoms with E-state index in [0.717, 1.165) is 13.0 Å². The van der Waals surface area contributed by atoms with E-state index >= 15 is 0 Å². The summed E-state index contributed by atoms with van der Waals surface area (Å²) in [5.41, 5.74) is 5.88. The van der Waals surface area contributed by atoms with E-state index in [4.69, 9.17) is 4.43 Å². The fraction of sp³-hybridized carbons (Fsp3) is 0.276. The van der Waals surface area contributed by atoms with Crippen LogP contribution in [0.2, 0.25) is 32.7 Å². The van der Waals surface area contributed by atoms with E-state index < -0.39 is 8.32 Å². The van der Waals surface area contributed by atoms with Crippen molar-refractivity contribution in [2.24, 2.45) is 0 Å². The normalized spacial score (nSPS) is 14.4. The summed E-state index contributed by atoms with van der Waals surface area (Å²) in [4.78, 5) is 0. The molecule has 4 aromatic carbocycles. The van der Waals surface area contributed by atoms with Gasteiger partial charge in [-0.2, -0.15) is 0 Å². The molecule has 0 heterocycles. The topological polar surface area (TPSA) is 9.23 Å². The standard InChI is InChI=1S/C27H27OSi.C2H6Si.2ClH.Zr/c1-29(2,3)28-16-15-21-17-19-9-5-7-12-23(19)27(21)25-14-8-13-24-22-11-6-4-10-20(22)18-26(24)25;1-3-2;;;/h4-14,17-18,27H,15-16H2,1-3H3;1-2H3;2*1H;/q-1;;;;+2/p-2. The number of halogens is 2. The van der Waals surface area contributed by atoms with Crippen molar-refractivity contribution in [1.82, 2.24) is 0 Å². The third-order valence-electron chi connectivity index (χ3n) is 5.95. The Morgan fingerprint density at radius 1 is 0.857 bits per heavy atom. The molecule has 0 bridgehead atoms. The van der Waals surface area contributed by atoms with E-state index in [1.807, 2.05) is 0 Å². The predicted molar refractivity (Wildman–Crippen MR) is 145 cm³/mol. The summed E-state index contributed by atoms with van der Waals surface area (Å²) < 4.78 is 6.21. The molecule has 1 nitrogen and oxygen atoms in total. The third-order valence-corrected chi connectivity index (χ3v) is 7.02. The van der Waals surface area contributed by atoms with Gasteiger partial charge >= 0.3 is 41.9 Å². The maximum Gasteiger partial charge on any atom is -1.00 e. The molecule has 6 heteroatoms. The summed E-state index contributed by atoms with van der Waals surface area (Å²) in [6.07, 6.45) is 3.38. The second-order valence-electron chi connectivity index (χ2n) is 10.0. The molecule has 1 aliphatic rings. The molecular weight excluding hydrogens is 583 g/mol. The third kappa shape index (κ3) is 7.34. The summed E-state index contributed by atoms with van der Waals surface area (Å²) in [7, 11) is -1.50. The maximum absolute atomic E-state index is 6.21. The first-order chi connectivity index (χ1) is 15.7. The zero-order chi connectivity index (χ0) is 23.6. The minimum Gasteiger partial charge on any atom is -1.00 e. The summed E-state index contributed by atoms with van der Waals surface area (Å²) in [6.45, 7) is 12.2. The van der Waals surface area contributed by atoms with Crippen LogP contribution in [0.25, 0.3) is 27.6 Å². The van der Waals surface area contributed by atoms with Crippen LogP contribution in [0.4, 0.5) is 0 Å². The van der Waals surface area contributed by atoms with Crippen LogP contribution in [-0.2, 0) is 27.8 Å². The number of fused-ring (bicyclic) bond motifs is 4. The number of rotatable bonds is 5. The van der Waals surface area contributed by atoms with Gasteiger partial charge in [-0.3, -0.25) is 0 Å². The van der Waals surface area contributed by atoms with E-state index in [-0.39, 0.29) is 30.2 Å². The molecular formula is C29H33Cl2OSi2Zr-. The van der Waals surface area contributed by atoms with Crippen LogP contribution in [0.15, 0.2) is 78.4 Å². The van der Waals surface area contributed by atoms with Gasteiger partial charge in [0.05, 0.1) is 0 Å². The minimum atomic E-state index is -1.50. The Hall–Kier alpha value is -0.873. The molecule has 0 saturated heterocycles. The monoisotopic (exact) mass is 613 g/mol. The van der Waals surface area contributed by atoms with Crippen LogP contribution >= 0.6 is 0 Å². The summed E-state index contributed by atoms with van der Waals surface area (Å²) >= 11 is 1.74. The van der Waals surface area contributed by atoms with Gasteiger partial charge < -0.3 is 29.2 Å². The molecule has 0 aromatic heterocycles. The molecule has 0 fully saturated rings. The first kappa shape index (κ1) is 30.4. The zero-order valence-electron chi connectivity index (χ0n) is 21.2. The fourth-order valence-corrected chi connectivity index (χ4v) is 5.42. The molecule has 4 aromatic rings. The molecule has 1 unspecified atom stereocenters. The van der Waals surface area contributed by atoms with Crippen molar-refractivity contribution >= 4 is 41.4 Å². The van der Waals surface area contributed by atoms with Crippen LogP contribution in [0.5, 0.6) is 0 Å². The van der Waals surface area contributed by atoms with E-state index in [1.165, 1.54) is 43.8 Å². The van der Waals surface area contributed by atoms with Gasteiger partial charge in [0, 0.05) is 12.5 Å². The van der Waals surface area contributed by atoms with Crippen molar-refractivity contribution < 1.29 is 52.6 Å². The van der Waals surface area contributed by atoms with Crippen molar-refractivity contribution in [3.8, 4) is 0 Å². The van der Waals surface area contributed by atoms with Crippen LogP contribution < -0.4 is 24.8 Å². The molecule has 0 radical (unpaired) electrons. The quantitative estimate of drug-likeness (QED) is 0.248. The average molecular weight is 616 g/mol. The molecule has 5 rings (SSSR count). The first-order valence-corrected chi connectivity index (χ1v) is 21.4. The Morgan fingerprint density at radius 2 is 1.46 bits per heavy atom. The molecule has 0 saturated carbocycles. The van der Waals surface area contributed by atoms with Gasteiger partial charge in [-0.05, 0) is 37.2 Å². The van der Waals surface area contributed by atoms with Gasteiger partial charge in [-0.15, -0.1) is 33.7 Å². The predicted octanol–water partition coefficient (Wildman–Crippen LogP) is 2.27. The molecule has 0 aliphatic heterocycles. The Morgan fingerprint density at radius 3 is 2.17 bits per heavy atom. The summed E-state index contributed by atoms with van der Waals surface area (Å²) in [5, 5.41) is 5.42. The van der Waals surface area contributed by atoms with Crippen LogP contribution in [0.3, 0.4) is 0 Å². The fourth-order valence-electron chi connectivity index (χ4n) is 4.70. The van der Waals surface area contributed by atoms with E-state index in [2.05, 4.69) is 112 Å². The van der Waals surface area contributed by atoms with Gasteiger partial charge in [0.15, 0.2) is 8.32 Å². The van der Waals surface area contributed by atoms with E-state index in [9.17, 15) is 0 Å². The number of hydrogen-bond acceptors (Lipinski definition) is 1. The van der Waals surface area contributed by atoms with Crippen molar-refractivity contribution in [1.29, 1.82) is 0 Å². The summed E-state index contributed by atoms with van der Waals surface area (Å²) in [5.74, 6) is 0.317. The number of hydrogen-bond donors (Lipinski definition) is 0. The van der Waals surface area contributed by atoms with Gasteiger partial charge in [0.2, 0.25) is 0 Å². The molecule has 0 N–H and O–H groups in total. The Labute approximate surface area is 239 Å². The largest absolute Gasteiger partial charge is 1.00 e. The second-order valence-corrected chi connectivity index (χ2v) is 23.9.